The molecule has 0 spiro atoms. The van der Waals surface area contributed by atoms with Gasteiger partial charge in [-0.1, -0.05) is 62.3 Å². The van der Waals surface area contributed by atoms with Gasteiger partial charge in [0.05, 0.1) is 12.4 Å². The van der Waals surface area contributed by atoms with E-state index < -0.39 is 15.9 Å². The first kappa shape index (κ1) is 18.5. The second-order valence-corrected chi connectivity index (χ2v) is 8.00. The van der Waals surface area contributed by atoms with Crippen LogP contribution in [-0.4, -0.2) is 25.8 Å². The summed E-state index contributed by atoms with van der Waals surface area (Å²) in [5.74, 6) is -0.120. The second kappa shape index (κ2) is 7.85. The fourth-order valence-electron chi connectivity index (χ4n) is 1.55. The number of nitrogens with one attached hydrogen (secondary N) is 2. The highest BCUT2D eigenvalue weighted by atomic mass is 79.9. The zero-order valence-corrected chi connectivity index (χ0v) is 15.8. The molecule has 0 fully saturated rings. The van der Waals surface area contributed by atoms with Crippen LogP contribution < -0.4 is 10.6 Å². The van der Waals surface area contributed by atoms with Crippen LogP contribution >= 0.6 is 62.3 Å². The number of carbonyl (C=O) groups is 1. The highest BCUT2D eigenvalue weighted by Gasteiger charge is 2.34. The standard InChI is InChI=1S/C13H9BrCl4N4O/c14-8-3-1-7(2-4-8)11(23)22-12(13(16,17)18)21-10-6-19-9(15)5-20-10/h1-6,12H,(H,20,21)(H,22,23). The first-order valence-electron chi connectivity index (χ1n) is 6.13. The van der Waals surface area contributed by atoms with E-state index in [0.29, 0.717) is 11.4 Å². The van der Waals surface area contributed by atoms with Crippen molar-refractivity contribution in [2.75, 3.05) is 5.32 Å². The monoisotopic (exact) mass is 456 g/mol. The fourth-order valence-corrected chi connectivity index (χ4v) is 2.24. The molecule has 10 heteroatoms. The molecule has 1 unspecified atom stereocenters. The third-order valence-electron chi connectivity index (χ3n) is 2.62. The van der Waals surface area contributed by atoms with E-state index in [-0.39, 0.29) is 5.15 Å². The molecular formula is C13H9BrCl4N4O. The normalized spacial score (nSPS) is 12.6. The number of alkyl halides is 3. The van der Waals surface area contributed by atoms with E-state index in [0.717, 1.165) is 4.47 Å². The van der Waals surface area contributed by atoms with Gasteiger partial charge in [0.15, 0.2) is 0 Å². The van der Waals surface area contributed by atoms with E-state index in [1.165, 1.54) is 12.4 Å². The largest absolute Gasteiger partial charge is 0.345 e. The Morgan fingerprint density at radius 1 is 1.13 bits per heavy atom. The molecule has 1 atom stereocenters. The van der Waals surface area contributed by atoms with Crippen molar-refractivity contribution in [2.45, 2.75) is 9.96 Å². The topological polar surface area (TPSA) is 66.9 Å². The summed E-state index contributed by atoms with van der Waals surface area (Å²) in [4.78, 5) is 20.1. The van der Waals surface area contributed by atoms with E-state index in [2.05, 4.69) is 36.5 Å². The van der Waals surface area contributed by atoms with Crippen molar-refractivity contribution in [2.24, 2.45) is 0 Å². The summed E-state index contributed by atoms with van der Waals surface area (Å²) in [7, 11) is 0. The van der Waals surface area contributed by atoms with E-state index in [9.17, 15) is 4.79 Å². The van der Waals surface area contributed by atoms with Gasteiger partial charge in [0, 0.05) is 10.0 Å². The third-order valence-corrected chi connectivity index (χ3v) is 4.00. The molecule has 0 saturated carbocycles. The molecular weight excluding hydrogens is 450 g/mol. The number of benzene rings is 1. The molecule has 23 heavy (non-hydrogen) atoms. The number of carbonyl (C=O) groups excluding carboxylic acids is 1. The number of rotatable bonds is 4. The number of anilines is 1. The maximum absolute atomic E-state index is 12.3. The van der Waals surface area contributed by atoms with Crippen molar-refractivity contribution in [1.82, 2.24) is 15.3 Å². The Bertz CT molecular complexity index is 676. The number of hydrogen-bond donors (Lipinski definition) is 2. The van der Waals surface area contributed by atoms with Crippen LogP contribution in [0.1, 0.15) is 10.4 Å². The minimum absolute atomic E-state index is 0.222. The molecule has 5 nitrogen and oxygen atoms in total. The molecule has 1 aromatic heterocycles. The maximum atomic E-state index is 12.3. The van der Waals surface area contributed by atoms with Crippen molar-refractivity contribution >= 4 is 74.1 Å². The van der Waals surface area contributed by atoms with Gasteiger partial charge in [-0.25, -0.2) is 9.97 Å². The van der Waals surface area contributed by atoms with Crippen LogP contribution in [0, 0.1) is 0 Å². The molecule has 1 aromatic carbocycles. The fraction of sp³-hybridized carbons (Fsp3) is 0.154. The van der Waals surface area contributed by atoms with Crippen LogP contribution in [0.25, 0.3) is 0 Å². The molecule has 0 radical (unpaired) electrons. The van der Waals surface area contributed by atoms with Crippen molar-refractivity contribution in [3.8, 4) is 0 Å². The number of nitrogens with zero attached hydrogens (tertiary/aromatic N) is 2. The van der Waals surface area contributed by atoms with Crippen molar-refractivity contribution in [3.05, 3.63) is 51.8 Å². The predicted octanol–water partition coefficient (Wildman–Crippen LogP) is 4.43. The summed E-state index contributed by atoms with van der Waals surface area (Å²) in [6, 6.07) is 6.74. The summed E-state index contributed by atoms with van der Waals surface area (Å²) >= 11 is 26.7. The molecule has 0 bridgehead atoms. The summed E-state index contributed by atoms with van der Waals surface area (Å²) in [5, 5.41) is 5.60. The summed E-state index contributed by atoms with van der Waals surface area (Å²) in [6.07, 6.45) is 1.66. The minimum atomic E-state index is -1.81. The van der Waals surface area contributed by atoms with E-state index in [4.69, 9.17) is 46.4 Å². The number of aromatic nitrogens is 2. The van der Waals surface area contributed by atoms with Crippen LogP contribution in [0.4, 0.5) is 5.82 Å². The summed E-state index contributed by atoms with van der Waals surface area (Å²) in [5.41, 5.74) is 0.413. The Morgan fingerprint density at radius 2 is 1.78 bits per heavy atom. The molecule has 1 amide bonds. The Balaban J connectivity index is 2.14. The van der Waals surface area contributed by atoms with Crippen LogP contribution in [0.3, 0.4) is 0 Å². The molecule has 122 valence electrons. The zero-order valence-electron chi connectivity index (χ0n) is 11.2. The lowest BCUT2D eigenvalue weighted by molar-refractivity contribution is 0.0942. The number of amides is 1. The zero-order chi connectivity index (χ0) is 17.0. The third kappa shape index (κ3) is 5.65. The average Bonchev–Trinajstić information content (AvgIpc) is 2.48. The molecule has 2 rings (SSSR count). The second-order valence-electron chi connectivity index (χ2n) is 4.32. The number of halogens is 5. The van der Waals surface area contributed by atoms with Gasteiger partial charge in [-0.3, -0.25) is 4.79 Å². The smallest absolute Gasteiger partial charge is 0.252 e. The Labute approximate surface area is 160 Å². The lowest BCUT2D eigenvalue weighted by Gasteiger charge is -2.26. The van der Waals surface area contributed by atoms with Crippen LogP contribution in [0.2, 0.25) is 5.15 Å². The average molecular weight is 459 g/mol. The SMILES string of the molecule is O=C(NC(Nc1cnc(Cl)cn1)C(Cl)(Cl)Cl)c1ccc(Br)cc1. The van der Waals surface area contributed by atoms with Gasteiger partial charge < -0.3 is 10.6 Å². The van der Waals surface area contributed by atoms with E-state index in [1.54, 1.807) is 24.3 Å². The van der Waals surface area contributed by atoms with Crippen molar-refractivity contribution < 1.29 is 4.79 Å². The predicted molar refractivity (Wildman–Crippen MR) is 96.4 cm³/mol. The van der Waals surface area contributed by atoms with Crippen LogP contribution in [0.5, 0.6) is 0 Å². The van der Waals surface area contributed by atoms with Gasteiger partial charge in [0.1, 0.15) is 17.1 Å². The highest BCUT2D eigenvalue weighted by molar-refractivity contribution is 9.10. The van der Waals surface area contributed by atoms with Gasteiger partial charge in [0.25, 0.3) is 5.91 Å². The molecule has 2 N–H and O–H groups in total. The van der Waals surface area contributed by atoms with Crippen molar-refractivity contribution in [1.29, 1.82) is 0 Å². The van der Waals surface area contributed by atoms with Crippen molar-refractivity contribution in [3.63, 3.8) is 0 Å². The lowest BCUT2D eigenvalue weighted by Crippen LogP contribution is -2.49. The van der Waals surface area contributed by atoms with E-state index in [1.807, 2.05) is 0 Å². The summed E-state index contributed by atoms with van der Waals surface area (Å²) in [6.45, 7) is 0. The first-order chi connectivity index (χ1) is 10.8. The quantitative estimate of drug-likeness (QED) is 0.525. The molecule has 2 aromatic rings. The molecule has 1 heterocycles. The molecule has 0 saturated heterocycles. The number of hydrogen-bond acceptors (Lipinski definition) is 4. The Kier molecular flexibility index (Phi) is 6.33. The van der Waals surface area contributed by atoms with Crippen LogP contribution in [0.15, 0.2) is 41.1 Å². The highest BCUT2D eigenvalue weighted by Crippen LogP contribution is 2.31. The van der Waals surface area contributed by atoms with Gasteiger partial charge in [-0.15, -0.1) is 0 Å². The Morgan fingerprint density at radius 3 is 2.30 bits per heavy atom. The van der Waals surface area contributed by atoms with Gasteiger partial charge in [0.2, 0.25) is 3.79 Å². The van der Waals surface area contributed by atoms with E-state index >= 15 is 0 Å². The van der Waals surface area contributed by atoms with Gasteiger partial charge in [-0.05, 0) is 24.3 Å². The lowest BCUT2D eigenvalue weighted by atomic mass is 10.2. The molecule has 0 aliphatic carbocycles. The minimum Gasteiger partial charge on any atom is -0.345 e. The first-order valence-corrected chi connectivity index (χ1v) is 8.43. The van der Waals surface area contributed by atoms with Crippen LogP contribution in [-0.2, 0) is 0 Å². The maximum Gasteiger partial charge on any atom is 0.252 e. The molecule has 0 aliphatic rings. The van der Waals surface area contributed by atoms with Gasteiger partial charge in [-0.2, -0.15) is 0 Å². The van der Waals surface area contributed by atoms with Gasteiger partial charge >= 0.3 is 0 Å². The summed E-state index contributed by atoms with van der Waals surface area (Å²) < 4.78 is -0.965. The Hall–Kier alpha value is -0.790. The molecule has 0 aliphatic heterocycles.